The van der Waals surface area contributed by atoms with Crippen LogP contribution in [-0.4, -0.2) is 48.2 Å². The Labute approximate surface area is 443 Å². The molecule has 0 aliphatic carbocycles. The van der Waals surface area contributed by atoms with Crippen LogP contribution in [0.4, 0.5) is 0 Å². The van der Waals surface area contributed by atoms with Gasteiger partial charge in [-0.05, 0) is 147 Å². The maximum atomic E-state index is 12.0. The molecule has 0 bridgehead atoms. The Morgan fingerprint density at radius 2 is 0.901 bits per heavy atom. The van der Waals surface area contributed by atoms with Gasteiger partial charge in [-0.15, -0.1) is 0 Å². The van der Waals surface area contributed by atoms with E-state index in [0.29, 0.717) is 48.2 Å². The van der Waals surface area contributed by atoms with Crippen molar-refractivity contribution in [3.63, 3.8) is 0 Å². The second-order valence-electron chi connectivity index (χ2n) is 14.1. The Morgan fingerprint density at radius 1 is 0.577 bits per heavy atom. The number of azide groups is 1. The van der Waals surface area contributed by atoms with Crippen LogP contribution in [0.5, 0.6) is 0 Å². The molecule has 0 fully saturated rings. The van der Waals surface area contributed by atoms with E-state index in [9.17, 15) is 16.8 Å². The maximum Gasteiger partial charge on any atom is 1.00 e. The topological polar surface area (TPSA) is 326 Å². The van der Waals surface area contributed by atoms with E-state index in [-0.39, 0.29) is 54.0 Å². The van der Waals surface area contributed by atoms with Crippen molar-refractivity contribution in [1.29, 1.82) is 21.0 Å². The quantitative estimate of drug-likeness (QED) is 0.0286. The van der Waals surface area contributed by atoms with E-state index in [1.165, 1.54) is 34.7 Å². The van der Waals surface area contributed by atoms with Gasteiger partial charge in [-0.2, -0.15) is 29.5 Å². The number of hydrogen-bond acceptors (Lipinski definition) is 12. The zero-order valence-corrected chi connectivity index (χ0v) is 43.6. The normalized spacial score (nSPS) is 9.54. The first-order valence-electron chi connectivity index (χ1n) is 20.8. The van der Waals surface area contributed by atoms with Crippen LogP contribution in [0.1, 0.15) is 57.1 Å². The van der Waals surface area contributed by atoms with Crippen LogP contribution < -0.4 is 35.3 Å². The molecule has 17 nitrogen and oxygen atoms in total. The Bertz CT molecular complexity index is 2930. The largest absolute Gasteiger partial charge is 1.00 e. The number of aliphatic hydroxyl groups excluding tert-OH is 1. The van der Waals surface area contributed by atoms with E-state index >= 15 is 0 Å². The summed E-state index contributed by atoms with van der Waals surface area (Å²) < 4.78 is 50.4. The van der Waals surface area contributed by atoms with Crippen molar-refractivity contribution in [2.45, 2.75) is 49.3 Å². The molecule has 0 radical (unpaired) electrons. The number of nitrogens with two attached hydrogens (primary N) is 1. The van der Waals surface area contributed by atoms with Gasteiger partial charge in [0.15, 0.2) is 0 Å². The minimum absolute atomic E-state index is 0. The monoisotopic (exact) mass is 1020 g/mol. The van der Waals surface area contributed by atoms with Gasteiger partial charge in [0.25, 0.3) is 19.2 Å². The van der Waals surface area contributed by atoms with Gasteiger partial charge >= 0.3 is 29.6 Å². The Balaban J connectivity index is 0. The van der Waals surface area contributed by atoms with Crippen LogP contribution in [0, 0.1) is 59.2 Å². The molecule has 0 spiro atoms. The third-order valence-corrected chi connectivity index (χ3v) is 11.7. The van der Waals surface area contributed by atoms with Crippen LogP contribution >= 0.6 is 10.7 Å². The van der Waals surface area contributed by atoms with Crippen molar-refractivity contribution < 1.29 is 57.1 Å². The molecule has 71 heavy (non-hydrogen) atoms. The van der Waals surface area contributed by atoms with Gasteiger partial charge in [-0.25, -0.2) is 8.42 Å². The maximum absolute atomic E-state index is 12.0. The molecule has 21 heteroatoms. The third-order valence-electron chi connectivity index (χ3n) is 8.97. The molecule has 0 aliphatic rings. The molecule has 0 aromatic heterocycles. The second kappa shape index (κ2) is 36.9. The number of rotatable bonds is 13. The number of nitrogens with zero attached hydrogens (tertiary/aromatic N) is 10. The summed E-state index contributed by atoms with van der Waals surface area (Å²) in [5, 5.41) is 46.2. The van der Waals surface area contributed by atoms with E-state index in [1.54, 1.807) is 72.8 Å². The fourth-order valence-electron chi connectivity index (χ4n) is 5.25. The minimum atomic E-state index is -3.71. The van der Waals surface area contributed by atoms with Gasteiger partial charge < -0.3 is 21.9 Å². The summed E-state index contributed by atoms with van der Waals surface area (Å²) in [6, 6.07) is 50.0. The molecule has 362 valence electrons. The summed E-state index contributed by atoms with van der Waals surface area (Å²) in [7, 11) is -2.18. The van der Waals surface area contributed by atoms with Gasteiger partial charge in [0.05, 0.1) is 62.9 Å². The number of halogens is 1. The van der Waals surface area contributed by atoms with Gasteiger partial charge in [-0.3, -0.25) is 9.09 Å². The van der Waals surface area contributed by atoms with Crippen LogP contribution in [0.2, 0.25) is 0 Å². The fourth-order valence-corrected chi connectivity index (χ4v) is 6.92. The van der Waals surface area contributed by atoms with E-state index in [2.05, 4.69) is 16.1 Å². The molecule has 6 aromatic rings. The first-order chi connectivity index (χ1) is 33.5. The predicted octanol–water partition coefficient (Wildman–Crippen LogP) is 7.42. The van der Waals surface area contributed by atoms with E-state index < -0.39 is 19.2 Å². The molecule has 6 aromatic carbocycles. The molecule has 0 heterocycles. The van der Waals surface area contributed by atoms with Crippen LogP contribution in [0.3, 0.4) is 0 Å². The number of benzene rings is 6. The van der Waals surface area contributed by atoms with Crippen molar-refractivity contribution in [1.82, 2.24) is 0 Å². The SMILES string of the molecule is Cc1ccc(S(=O)(=O)Cl)cc1.Cc1ccc(S(=O)(=O)OCCc2ccc(C#N)cc2)cc1.N#Cc1ccc(CCN)cc1.N#Cc1ccc(CCN=[N+]=[N-])cc1.N#Cc1ccc(CCO)cc1.[HH].[N-]=[N+]=[N-].[Na+]. The van der Waals surface area contributed by atoms with Gasteiger partial charge in [0.2, 0.25) is 0 Å². The Morgan fingerprint density at radius 3 is 1.21 bits per heavy atom. The first-order valence-corrected chi connectivity index (χ1v) is 24.5. The summed E-state index contributed by atoms with van der Waals surface area (Å²) in [6.45, 7) is 5.12. The molecule has 0 unspecified atom stereocenters. The van der Waals surface area contributed by atoms with E-state index in [0.717, 1.165) is 40.7 Å². The van der Waals surface area contributed by atoms with Crippen molar-refractivity contribution in [3.8, 4) is 24.3 Å². The Hall–Kier alpha value is -7.03. The number of aryl methyl sites for hydroxylation is 2. The van der Waals surface area contributed by atoms with Gasteiger partial charge in [0, 0.05) is 30.2 Å². The van der Waals surface area contributed by atoms with Crippen molar-refractivity contribution in [2.75, 3.05) is 26.3 Å². The average Bonchev–Trinajstić information content (AvgIpc) is 3.36. The predicted molar refractivity (Wildman–Crippen MR) is 270 cm³/mol. The van der Waals surface area contributed by atoms with Crippen LogP contribution in [-0.2, 0) is 49.0 Å². The van der Waals surface area contributed by atoms with Gasteiger partial charge in [0.1, 0.15) is 0 Å². The molecule has 3 N–H and O–H groups in total. The zero-order valence-electron chi connectivity index (χ0n) is 39.2. The van der Waals surface area contributed by atoms with Crippen molar-refractivity contribution in [2.24, 2.45) is 10.8 Å². The van der Waals surface area contributed by atoms with Crippen molar-refractivity contribution >= 4 is 29.9 Å². The molecular weight excluding hydrogens is 973 g/mol. The van der Waals surface area contributed by atoms with Gasteiger partial charge in [-0.1, -0.05) is 89.0 Å². The third kappa shape index (κ3) is 28.3. The zero-order chi connectivity index (χ0) is 52.2. The summed E-state index contributed by atoms with van der Waals surface area (Å²) >= 11 is 0. The number of nitriles is 4. The van der Waals surface area contributed by atoms with Crippen LogP contribution in [0.25, 0.3) is 26.4 Å². The summed E-state index contributed by atoms with van der Waals surface area (Å²) in [4.78, 5) is 4.46. The van der Waals surface area contributed by atoms with E-state index in [4.69, 9.17) is 63.3 Å². The number of aliphatic hydroxyl groups is 1. The molecule has 6 rings (SSSR count). The Kier molecular flexibility index (Phi) is 33.2. The molecule has 0 saturated carbocycles. The molecule has 0 atom stereocenters. The number of hydrogen-bond donors (Lipinski definition) is 2. The summed E-state index contributed by atoms with van der Waals surface area (Å²) in [5.74, 6) is 0. The fraction of sp³-hybridized carbons (Fsp3) is 0.200. The smallest absolute Gasteiger partial charge is 0.396 e. The van der Waals surface area contributed by atoms with Crippen LogP contribution in [0.15, 0.2) is 160 Å². The van der Waals surface area contributed by atoms with E-state index in [1.807, 2.05) is 80.6 Å². The first kappa shape index (κ1) is 64.0. The average molecular weight is 1020 g/mol. The minimum Gasteiger partial charge on any atom is -0.396 e. The molecule has 0 saturated heterocycles. The second-order valence-corrected chi connectivity index (χ2v) is 18.3. The summed E-state index contributed by atoms with van der Waals surface area (Å²) in [6.07, 6.45) is 2.73. The van der Waals surface area contributed by atoms with Crippen molar-refractivity contribution in [3.05, 3.63) is 228 Å². The summed E-state index contributed by atoms with van der Waals surface area (Å²) in [5.41, 5.74) is 35.7. The molecular formula is C50H51ClN11NaO6S2. The molecule has 0 aliphatic heterocycles. The standard InChI is InChI=1S/C16H15NO3S.C9H8N4.C9H10N2.C9H9NO.C7H7ClO2S.N3.Na.H2/c1-13-2-8-16(9-3-13)21(18,19)20-11-10-14-4-6-15(12-17)7-5-14;10-7-9-3-1-8(2-4-9)5-6-12-13-11;10-6-5-8-1-3-9(7-11)4-2-8;10-7-9-3-1-8(2-4-9)5-6-11;1-6-2-4-7(5-3-6)11(8,9)10;1-3-2;;/h2-9H,10-11H2,1H3;1-4H,5-6H2;1-4H,5-6,10H2;1-4,11H,5-6H2;2-5H,1H3;;;1H/q;;;;;-1;+1;. The molecule has 0 amide bonds.